The van der Waals surface area contributed by atoms with Gasteiger partial charge in [0.05, 0.1) is 18.1 Å². The van der Waals surface area contributed by atoms with E-state index in [0.717, 1.165) is 0 Å². The van der Waals surface area contributed by atoms with Crippen LogP contribution in [-0.2, 0) is 19.6 Å². The van der Waals surface area contributed by atoms with Gasteiger partial charge in [-0.1, -0.05) is 13.8 Å². The zero-order chi connectivity index (χ0) is 18.6. The number of nitrogens with one attached hydrogen (secondary N) is 1. The number of hydrogen-bond donors (Lipinski definition) is 2. The van der Waals surface area contributed by atoms with Gasteiger partial charge in [0.1, 0.15) is 6.04 Å². The number of hydrogen-bond acceptors (Lipinski definition) is 5. The van der Waals surface area contributed by atoms with Crippen molar-refractivity contribution in [2.45, 2.75) is 24.8 Å². The quantitative estimate of drug-likeness (QED) is 0.756. The molecule has 1 fully saturated rings. The predicted octanol–water partition coefficient (Wildman–Crippen LogP) is 0.547. The van der Waals surface area contributed by atoms with Gasteiger partial charge in [0, 0.05) is 18.7 Å². The van der Waals surface area contributed by atoms with Crippen LogP contribution in [0.2, 0.25) is 0 Å². The molecule has 2 N–H and O–H groups in total. The molecule has 138 valence electrons. The normalized spacial score (nSPS) is 16.7. The topological polar surface area (TPSA) is 113 Å². The molecule has 0 unspecified atom stereocenters. The van der Waals surface area contributed by atoms with Crippen molar-refractivity contribution in [1.29, 1.82) is 0 Å². The van der Waals surface area contributed by atoms with Gasteiger partial charge in [-0.05, 0) is 30.2 Å². The molecule has 1 heterocycles. The van der Waals surface area contributed by atoms with E-state index >= 15 is 0 Å². The lowest BCUT2D eigenvalue weighted by Crippen LogP contribution is -2.44. The molecule has 25 heavy (non-hydrogen) atoms. The van der Waals surface area contributed by atoms with Crippen LogP contribution in [0.5, 0.6) is 0 Å². The number of aliphatic carboxylic acids is 1. The van der Waals surface area contributed by atoms with E-state index in [1.165, 1.54) is 24.3 Å². The van der Waals surface area contributed by atoms with Crippen molar-refractivity contribution in [2.75, 3.05) is 26.3 Å². The number of nitrogens with zero attached hydrogens (tertiary/aromatic N) is 1. The molecule has 0 radical (unpaired) electrons. The highest BCUT2D eigenvalue weighted by Crippen LogP contribution is 2.15. The van der Waals surface area contributed by atoms with Crippen molar-refractivity contribution in [3.63, 3.8) is 0 Å². The summed E-state index contributed by atoms with van der Waals surface area (Å²) in [7, 11) is -3.99. The molecular formula is C16H22N2O6S. The number of morpholine rings is 1. The molecule has 1 aliphatic rings. The lowest BCUT2D eigenvalue weighted by atomic mass is 10.1. The molecule has 1 saturated heterocycles. The average Bonchev–Trinajstić information content (AvgIpc) is 2.59. The molecule has 0 spiro atoms. The van der Waals surface area contributed by atoms with Crippen LogP contribution < -0.4 is 4.72 Å². The van der Waals surface area contributed by atoms with Crippen LogP contribution in [0.3, 0.4) is 0 Å². The summed E-state index contributed by atoms with van der Waals surface area (Å²) in [4.78, 5) is 25.1. The fourth-order valence-electron chi connectivity index (χ4n) is 2.43. The summed E-state index contributed by atoms with van der Waals surface area (Å²) in [5.74, 6) is -1.84. The van der Waals surface area contributed by atoms with E-state index in [-0.39, 0.29) is 10.8 Å². The van der Waals surface area contributed by atoms with Crippen molar-refractivity contribution in [3.8, 4) is 0 Å². The maximum atomic E-state index is 12.3. The Morgan fingerprint density at radius 1 is 1.16 bits per heavy atom. The van der Waals surface area contributed by atoms with Crippen LogP contribution in [0.1, 0.15) is 24.2 Å². The maximum Gasteiger partial charge on any atom is 0.322 e. The highest BCUT2D eigenvalue weighted by Gasteiger charge is 2.28. The van der Waals surface area contributed by atoms with Gasteiger partial charge in [0.15, 0.2) is 0 Å². The number of carboxylic acid groups (broad SMARTS) is 1. The standard InChI is InChI=1S/C16H22N2O6S/c1-11(2)14(16(20)21)17-25(22,23)13-5-3-12(4-6-13)15(19)18-7-9-24-10-8-18/h3-6,11,14,17H,7-10H2,1-2H3,(H,20,21)/t14-/m1/s1. The molecule has 1 aliphatic heterocycles. The second kappa shape index (κ2) is 7.94. The Hall–Kier alpha value is -1.97. The molecule has 0 aromatic heterocycles. The zero-order valence-corrected chi connectivity index (χ0v) is 15.0. The Balaban J connectivity index is 2.15. The van der Waals surface area contributed by atoms with Gasteiger partial charge in [0.2, 0.25) is 10.0 Å². The highest BCUT2D eigenvalue weighted by atomic mass is 32.2. The number of carboxylic acids is 1. The Kier molecular flexibility index (Phi) is 6.15. The Bertz CT molecular complexity index is 723. The number of benzene rings is 1. The van der Waals surface area contributed by atoms with Crippen LogP contribution in [0.4, 0.5) is 0 Å². The van der Waals surface area contributed by atoms with E-state index in [1.807, 2.05) is 0 Å². The first-order valence-electron chi connectivity index (χ1n) is 7.94. The summed E-state index contributed by atoms with van der Waals surface area (Å²) >= 11 is 0. The Labute approximate surface area is 146 Å². The molecule has 0 aliphatic carbocycles. The summed E-state index contributed by atoms with van der Waals surface area (Å²) in [6, 6.07) is 4.24. The molecule has 0 saturated carbocycles. The first-order chi connectivity index (χ1) is 11.7. The fraction of sp³-hybridized carbons (Fsp3) is 0.500. The number of rotatable bonds is 6. The second-order valence-corrected chi connectivity index (χ2v) is 7.82. The predicted molar refractivity (Wildman–Crippen MR) is 89.7 cm³/mol. The fourth-order valence-corrected chi connectivity index (χ4v) is 3.77. The number of sulfonamides is 1. The van der Waals surface area contributed by atoms with E-state index in [2.05, 4.69) is 4.72 Å². The van der Waals surface area contributed by atoms with Gasteiger partial charge in [0.25, 0.3) is 5.91 Å². The first-order valence-corrected chi connectivity index (χ1v) is 9.43. The van der Waals surface area contributed by atoms with Crippen molar-refractivity contribution < 1.29 is 27.9 Å². The lowest BCUT2D eigenvalue weighted by molar-refractivity contribution is -0.140. The summed E-state index contributed by atoms with van der Waals surface area (Å²) in [6.45, 7) is 5.18. The van der Waals surface area contributed by atoms with E-state index < -0.39 is 28.0 Å². The lowest BCUT2D eigenvalue weighted by Gasteiger charge is -2.26. The van der Waals surface area contributed by atoms with E-state index in [4.69, 9.17) is 9.84 Å². The summed E-state index contributed by atoms with van der Waals surface area (Å²) < 4.78 is 32.1. The van der Waals surface area contributed by atoms with Crippen molar-refractivity contribution in [1.82, 2.24) is 9.62 Å². The molecule has 8 nitrogen and oxygen atoms in total. The minimum atomic E-state index is -3.99. The van der Waals surface area contributed by atoms with Crippen LogP contribution in [0, 0.1) is 5.92 Å². The smallest absolute Gasteiger partial charge is 0.322 e. The number of amides is 1. The van der Waals surface area contributed by atoms with Gasteiger partial charge in [-0.15, -0.1) is 0 Å². The third-order valence-corrected chi connectivity index (χ3v) is 5.38. The van der Waals surface area contributed by atoms with Crippen LogP contribution >= 0.6 is 0 Å². The molecule has 2 rings (SSSR count). The van der Waals surface area contributed by atoms with Gasteiger partial charge in [-0.3, -0.25) is 9.59 Å². The molecule has 1 atom stereocenters. The molecule has 1 aromatic carbocycles. The zero-order valence-electron chi connectivity index (χ0n) is 14.1. The third kappa shape index (κ3) is 4.77. The minimum absolute atomic E-state index is 0.0853. The Morgan fingerprint density at radius 2 is 1.72 bits per heavy atom. The van der Waals surface area contributed by atoms with Crippen LogP contribution in [0.25, 0.3) is 0 Å². The van der Waals surface area contributed by atoms with Crippen LogP contribution in [-0.4, -0.2) is 62.6 Å². The summed E-state index contributed by atoms with van der Waals surface area (Å²) in [6.07, 6.45) is 0. The van der Waals surface area contributed by atoms with Crippen molar-refractivity contribution in [2.24, 2.45) is 5.92 Å². The number of carbonyl (C=O) groups is 2. The van der Waals surface area contributed by atoms with Gasteiger partial charge < -0.3 is 14.7 Å². The SMILES string of the molecule is CC(C)[C@@H](NS(=O)(=O)c1ccc(C(=O)N2CCOCC2)cc1)C(=O)O. The third-order valence-electron chi connectivity index (χ3n) is 3.92. The second-order valence-electron chi connectivity index (χ2n) is 6.11. The van der Waals surface area contributed by atoms with E-state index in [9.17, 15) is 18.0 Å². The van der Waals surface area contributed by atoms with Gasteiger partial charge >= 0.3 is 5.97 Å². The van der Waals surface area contributed by atoms with Gasteiger partial charge in [-0.25, -0.2) is 8.42 Å². The minimum Gasteiger partial charge on any atom is -0.480 e. The van der Waals surface area contributed by atoms with Crippen LogP contribution in [0.15, 0.2) is 29.2 Å². The maximum absolute atomic E-state index is 12.3. The average molecular weight is 370 g/mol. The molecule has 0 bridgehead atoms. The molecular weight excluding hydrogens is 348 g/mol. The molecule has 1 amide bonds. The summed E-state index contributed by atoms with van der Waals surface area (Å²) in [5, 5.41) is 9.13. The van der Waals surface area contributed by atoms with Crippen molar-refractivity contribution in [3.05, 3.63) is 29.8 Å². The number of ether oxygens (including phenoxy) is 1. The highest BCUT2D eigenvalue weighted by molar-refractivity contribution is 7.89. The monoisotopic (exact) mass is 370 g/mol. The van der Waals surface area contributed by atoms with E-state index in [0.29, 0.717) is 31.9 Å². The van der Waals surface area contributed by atoms with Gasteiger partial charge in [-0.2, -0.15) is 4.72 Å². The summed E-state index contributed by atoms with van der Waals surface area (Å²) in [5.41, 5.74) is 0.375. The van der Waals surface area contributed by atoms with E-state index in [1.54, 1.807) is 18.7 Å². The largest absolute Gasteiger partial charge is 0.480 e. The van der Waals surface area contributed by atoms with Crippen molar-refractivity contribution >= 4 is 21.9 Å². The molecule has 1 aromatic rings. The number of carbonyl (C=O) groups excluding carboxylic acids is 1. The molecule has 9 heteroatoms. The Morgan fingerprint density at radius 3 is 2.20 bits per heavy atom. The first kappa shape index (κ1) is 19.4.